The quantitative estimate of drug-likeness (QED) is 0.777. The molecule has 0 aliphatic rings. The highest BCUT2D eigenvalue weighted by Crippen LogP contribution is 2.14. The summed E-state index contributed by atoms with van der Waals surface area (Å²) in [6.45, 7) is 5.59. The lowest BCUT2D eigenvalue weighted by atomic mass is 10.2. The first-order valence-electron chi connectivity index (χ1n) is 8.30. The van der Waals surface area contributed by atoms with Gasteiger partial charge < -0.3 is 14.8 Å². The van der Waals surface area contributed by atoms with Gasteiger partial charge in [0.05, 0.1) is 11.7 Å². The fourth-order valence-electron chi connectivity index (χ4n) is 2.14. The summed E-state index contributed by atoms with van der Waals surface area (Å²) in [5.74, 6) is 0.00272. The van der Waals surface area contributed by atoms with E-state index in [0.29, 0.717) is 17.0 Å². The molecule has 0 aliphatic carbocycles. The molecular weight excluding hydrogens is 318 g/mol. The molecule has 0 aliphatic heterocycles. The van der Waals surface area contributed by atoms with Crippen LogP contribution in [0.1, 0.15) is 36.7 Å². The zero-order chi connectivity index (χ0) is 18.2. The number of ether oxygens (including phenoxy) is 2. The van der Waals surface area contributed by atoms with Gasteiger partial charge in [0.2, 0.25) is 0 Å². The molecule has 1 N–H and O–H groups in total. The summed E-state index contributed by atoms with van der Waals surface area (Å²) in [6, 6.07) is 14.2. The van der Waals surface area contributed by atoms with Crippen molar-refractivity contribution in [1.82, 2.24) is 0 Å². The van der Waals surface area contributed by atoms with Crippen LogP contribution in [0.15, 0.2) is 48.5 Å². The van der Waals surface area contributed by atoms with E-state index >= 15 is 0 Å². The van der Waals surface area contributed by atoms with Crippen LogP contribution >= 0.6 is 0 Å². The molecule has 0 aromatic heterocycles. The first kappa shape index (κ1) is 18.5. The summed E-state index contributed by atoms with van der Waals surface area (Å²) in [7, 11) is 0. The van der Waals surface area contributed by atoms with Gasteiger partial charge >= 0.3 is 5.97 Å². The highest BCUT2D eigenvalue weighted by Gasteiger charge is 2.09. The Hall–Kier alpha value is -2.82. The Bertz CT molecular complexity index is 705. The number of rotatable bonds is 7. The Morgan fingerprint density at radius 1 is 1.00 bits per heavy atom. The molecule has 5 nitrogen and oxygen atoms in total. The highest BCUT2D eigenvalue weighted by atomic mass is 16.5. The maximum atomic E-state index is 11.9. The van der Waals surface area contributed by atoms with Gasteiger partial charge in [0.15, 0.2) is 6.61 Å². The van der Waals surface area contributed by atoms with Gasteiger partial charge in [-0.1, -0.05) is 19.1 Å². The number of carbonyl (C=O) groups excluding carboxylic acids is 2. The van der Waals surface area contributed by atoms with Crippen LogP contribution in [-0.2, 0) is 16.0 Å². The van der Waals surface area contributed by atoms with E-state index < -0.39 is 0 Å². The second kappa shape index (κ2) is 8.87. The third-order valence-electron chi connectivity index (χ3n) is 3.45. The smallest absolute Gasteiger partial charge is 0.338 e. The molecule has 2 rings (SSSR count). The predicted octanol–water partition coefficient (Wildman–Crippen LogP) is 3.83. The number of esters is 1. The summed E-state index contributed by atoms with van der Waals surface area (Å²) in [5, 5.41) is 2.73. The summed E-state index contributed by atoms with van der Waals surface area (Å²) >= 11 is 0. The van der Waals surface area contributed by atoms with Crippen LogP contribution in [0, 0.1) is 0 Å². The summed E-state index contributed by atoms with van der Waals surface area (Å²) in [6.07, 6.45) is 0.789. The van der Waals surface area contributed by atoms with Gasteiger partial charge in [0.25, 0.3) is 5.91 Å². The number of hydrogen-bond donors (Lipinski definition) is 1. The Morgan fingerprint density at radius 3 is 2.20 bits per heavy atom. The molecule has 0 radical (unpaired) electrons. The summed E-state index contributed by atoms with van der Waals surface area (Å²) in [5.41, 5.74) is 2.25. The number of aryl methyl sites for hydroxylation is 1. The van der Waals surface area contributed by atoms with Crippen LogP contribution in [0.2, 0.25) is 0 Å². The average molecular weight is 341 g/mol. The minimum absolute atomic E-state index is 0.0807. The van der Waals surface area contributed by atoms with Gasteiger partial charge in [-0.25, -0.2) is 4.79 Å². The topological polar surface area (TPSA) is 64.6 Å². The van der Waals surface area contributed by atoms with Gasteiger partial charge in [-0.2, -0.15) is 0 Å². The van der Waals surface area contributed by atoms with Crippen molar-refractivity contribution in [1.29, 1.82) is 0 Å². The van der Waals surface area contributed by atoms with Crippen molar-refractivity contribution in [3.63, 3.8) is 0 Å². The minimum atomic E-state index is -0.383. The number of amides is 1. The van der Waals surface area contributed by atoms with E-state index in [1.165, 1.54) is 5.56 Å². The molecule has 5 heteroatoms. The predicted molar refractivity (Wildman–Crippen MR) is 96.9 cm³/mol. The molecule has 0 fully saturated rings. The Morgan fingerprint density at radius 2 is 1.64 bits per heavy atom. The highest BCUT2D eigenvalue weighted by molar-refractivity contribution is 5.93. The molecule has 0 heterocycles. The Labute approximate surface area is 148 Å². The fraction of sp³-hybridized carbons (Fsp3) is 0.300. The average Bonchev–Trinajstić information content (AvgIpc) is 2.60. The second-order valence-corrected chi connectivity index (χ2v) is 5.87. The third kappa shape index (κ3) is 5.95. The molecule has 0 saturated carbocycles. The molecule has 132 valence electrons. The standard InChI is InChI=1S/C20H23NO4/c1-4-15-5-11-18(12-6-15)24-13-19(22)21-17-9-7-16(8-10-17)20(23)25-14(2)3/h5-12,14H,4,13H2,1-3H3,(H,21,22). The zero-order valence-corrected chi connectivity index (χ0v) is 14.7. The van der Waals surface area contributed by atoms with Gasteiger partial charge in [-0.3, -0.25) is 4.79 Å². The Balaban J connectivity index is 1.84. The molecule has 2 aromatic carbocycles. The molecule has 2 aromatic rings. The molecular formula is C20H23NO4. The SMILES string of the molecule is CCc1ccc(OCC(=O)Nc2ccc(C(=O)OC(C)C)cc2)cc1. The van der Waals surface area contributed by atoms with E-state index in [1.807, 2.05) is 24.3 Å². The molecule has 0 spiro atoms. The molecule has 0 saturated heterocycles. The van der Waals surface area contributed by atoms with Crippen LogP contribution < -0.4 is 10.1 Å². The zero-order valence-electron chi connectivity index (χ0n) is 14.7. The van der Waals surface area contributed by atoms with Crippen LogP contribution in [0.25, 0.3) is 0 Å². The monoisotopic (exact) mass is 341 g/mol. The van der Waals surface area contributed by atoms with E-state index in [9.17, 15) is 9.59 Å². The third-order valence-corrected chi connectivity index (χ3v) is 3.45. The second-order valence-electron chi connectivity index (χ2n) is 5.87. The van der Waals surface area contributed by atoms with Crippen LogP contribution in [0.4, 0.5) is 5.69 Å². The number of nitrogens with one attached hydrogen (secondary N) is 1. The molecule has 25 heavy (non-hydrogen) atoms. The van der Waals surface area contributed by atoms with E-state index in [-0.39, 0.29) is 24.6 Å². The fourth-order valence-corrected chi connectivity index (χ4v) is 2.14. The first-order valence-corrected chi connectivity index (χ1v) is 8.30. The molecule has 0 atom stereocenters. The number of anilines is 1. The van der Waals surface area contributed by atoms with Crippen molar-refractivity contribution >= 4 is 17.6 Å². The normalized spacial score (nSPS) is 10.4. The van der Waals surface area contributed by atoms with Gasteiger partial charge in [0, 0.05) is 5.69 Å². The van der Waals surface area contributed by atoms with Crippen molar-refractivity contribution < 1.29 is 19.1 Å². The van der Waals surface area contributed by atoms with Gasteiger partial charge in [-0.05, 0) is 62.2 Å². The maximum Gasteiger partial charge on any atom is 0.338 e. The summed E-state index contributed by atoms with van der Waals surface area (Å²) in [4.78, 5) is 23.7. The maximum absolute atomic E-state index is 11.9. The lowest BCUT2D eigenvalue weighted by molar-refractivity contribution is -0.118. The first-order chi connectivity index (χ1) is 12.0. The molecule has 1 amide bonds. The van der Waals surface area contributed by atoms with Crippen LogP contribution in [0.3, 0.4) is 0 Å². The molecule has 0 bridgehead atoms. The largest absolute Gasteiger partial charge is 0.484 e. The Kier molecular flexibility index (Phi) is 6.57. The van der Waals surface area contributed by atoms with Crippen molar-refractivity contribution in [2.24, 2.45) is 0 Å². The number of hydrogen-bond acceptors (Lipinski definition) is 4. The lowest BCUT2D eigenvalue weighted by Crippen LogP contribution is -2.20. The van der Waals surface area contributed by atoms with Crippen molar-refractivity contribution in [3.05, 3.63) is 59.7 Å². The van der Waals surface area contributed by atoms with Crippen molar-refractivity contribution in [3.8, 4) is 5.75 Å². The lowest BCUT2D eigenvalue weighted by Gasteiger charge is -2.10. The van der Waals surface area contributed by atoms with Crippen LogP contribution in [-0.4, -0.2) is 24.6 Å². The van der Waals surface area contributed by atoms with E-state index in [1.54, 1.807) is 38.1 Å². The minimum Gasteiger partial charge on any atom is -0.484 e. The van der Waals surface area contributed by atoms with Crippen molar-refractivity contribution in [2.75, 3.05) is 11.9 Å². The van der Waals surface area contributed by atoms with E-state index in [4.69, 9.17) is 9.47 Å². The van der Waals surface area contributed by atoms with E-state index in [0.717, 1.165) is 6.42 Å². The van der Waals surface area contributed by atoms with Gasteiger partial charge in [0.1, 0.15) is 5.75 Å². The molecule has 0 unspecified atom stereocenters. The number of benzene rings is 2. The van der Waals surface area contributed by atoms with Crippen molar-refractivity contribution in [2.45, 2.75) is 33.3 Å². The van der Waals surface area contributed by atoms with E-state index in [2.05, 4.69) is 12.2 Å². The summed E-state index contributed by atoms with van der Waals surface area (Å²) < 4.78 is 10.6. The number of carbonyl (C=O) groups is 2. The van der Waals surface area contributed by atoms with Gasteiger partial charge in [-0.15, -0.1) is 0 Å². The van der Waals surface area contributed by atoms with Crippen LogP contribution in [0.5, 0.6) is 5.75 Å².